The number of carbonyl (C=O) groups is 2. The van der Waals surface area contributed by atoms with Crippen molar-refractivity contribution in [3.8, 4) is 0 Å². The number of hydrogen-bond donors (Lipinski definition) is 2. The van der Waals surface area contributed by atoms with E-state index in [0.29, 0.717) is 50.6 Å². The molecule has 72 heavy (non-hydrogen) atoms. The monoisotopic (exact) mass is 1000 g/mol. The number of unbranched alkanes of at least 4 members (excludes halogenated alkanes) is 28. The largest absolute Gasteiger partial charge is 0.381 e. The molecular weight excluding hydrogens is 893 g/mol. The summed E-state index contributed by atoms with van der Waals surface area (Å²) in [5.41, 5.74) is 3.59. The zero-order chi connectivity index (χ0) is 51.6. The van der Waals surface area contributed by atoms with E-state index in [1.165, 1.54) is 191 Å². The van der Waals surface area contributed by atoms with E-state index in [-0.39, 0.29) is 23.7 Å². The van der Waals surface area contributed by atoms with E-state index in [1.807, 2.05) is 24.3 Å². The van der Waals surface area contributed by atoms with Gasteiger partial charge in [0.05, 0.1) is 26.4 Å². The van der Waals surface area contributed by atoms with Gasteiger partial charge in [-0.1, -0.05) is 232 Å². The third kappa shape index (κ3) is 37.9. The summed E-state index contributed by atoms with van der Waals surface area (Å²) >= 11 is 0. The number of carbonyl (C=O) groups excluding carboxylic acids is 2. The zero-order valence-electron chi connectivity index (χ0n) is 47.3. The van der Waals surface area contributed by atoms with Crippen LogP contribution in [0.4, 0.5) is 0 Å². The lowest BCUT2D eigenvalue weighted by molar-refractivity contribution is 0.0367. The van der Waals surface area contributed by atoms with Gasteiger partial charge in [-0.25, -0.2) is 0 Å². The molecule has 0 saturated heterocycles. The maximum absolute atomic E-state index is 13.1. The normalized spacial score (nSPS) is 11.6. The molecule has 2 rings (SSSR count). The van der Waals surface area contributed by atoms with Gasteiger partial charge in [-0.15, -0.1) is 0 Å². The Bertz CT molecular complexity index is 1330. The first-order chi connectivity index (χ1) is 35.5. The van der Waals surface area contributed by atoms with Crippen molar-refractivity contribution in [2.24, 2.45) is 11.8 Å². The van der Waals surface area contributed by atoms with E-state index in [2.05, 4.69) is 62.6 Å². The second-order valence-electron chi connectivity index (χ2n) is 21.2. The van der Waals surface area contributed by atoms with Crippen molar-refractivity contribution < 1.29 is 28.5 Å². The molecule has 0 unspecified atom stereocenters. The topological polar surface area (TPSA) is 95.1 Å². The van der Waals surface area contributed by atoms with E-state index >= 15 is 0 Å². The first-order valence-electron chi connectivity index (χ1n) is 30.6. The summed E-state index contributed by atoms with van der Waals surface area (Å²) in [6.45, 7) is 15.8. The summed E-state index contributed by atoms with van der Waals surface area (Å²) in [4.78, 5) is 26.2. The Kier molecular flexibility index (Phi) is 44.6. The van der Waals surface area contributed by atoms with Crippen LogP contribution in [0.1, 0.15) is 265 Å². The van der Waals surface area contributed by atoms with Crippen molar-refractivity contribution in [3.63, 3.8) is 0 Å². The highest BCUT2D eigenvalue weighted by Crippen LogP contribution is 2.17. The fourth-order valence-corrected chi connectivity index (χ4v) is 9.49. The number of amides is 2. The smallest absolute Gasteiger partial charge is 0.251 e. The molecule has 2 aromatic rings. The number of benzene rings is 2. The summed E-state index contributed by atoms with van der Waals surface area (Å²) in [6.07, 6.45) is 43.2. The van der Waals surface area contributed by atoms with Gasteiger partial charge in [0.1, 0.15) is 0 Å². The highest BCUT2D eigenvalue weighted by atomic mass is 16.5. The molecule has 0 atom stereocenters. The van der Waals surface area contributed by atoms with Crippen LogP contribution in [0.25, 0.3) is 0 Å². The minimum Gasteiger partial charge on any atom is -0.381 e. The number of hydrogen-bond acceptors (Lipinski definition) is 6. The maximum Gasteiger partial charge on any atom is 0.251 e. The second kappa shape index (κ2) is 49.1. The van der Waals surface area contributed by atoms with Crippen LogP contribution >= 0.6 is 0 Å². The third-order valence-corrected chi connectivity index (χ3v) is 14.2. The van der Waals surface area contributed by atoms with Crippen LogP contribution in [0.15, 0.2) is 48.5 Å². The van der Waals surface area contributed by atoms with Crippen LogP contribution in [-0.2, 0) is 31.8 Å². The molecule has 414 valence electrons. The van der Waals surface area contributed by atoms with Gasteiger partial charge < -0.3 is 29.6 Å². The molecule has 0 saturated carbocycles. The van der Waals surface area contributed by atoms with E-state index in [4.69, 9.17) is 18.9 Å². The lowest BCUT2D eigenvalue weighted by Gasteiger charge is -2.18. The van der Waals surface area contributed by atoms with Gasteiger partial charge in [0.15, 0.2) is 0 Å². The van der Waals surface area contributed by atoms with Crippen molar-refractivity contribution in [1.29, 1.82) is 0 Å². The van der Waals surface area contributed by atoms with Gasteiger partial charge in [-0.2, -0.15) is 0 Å². The molecule has 0 aliphatic rings. The first-order valence-corrected chi connectivity index (χ1v) is 30.6. The maximum atomic E-state index is 13.1. The summed E-state index contributed by atoms with van der Waals surface area (Å²) in [5.74, 6) is 0.258. The van der Waals surface area contributed by atoms with Crippen LogP contribution in [-0.4, -0.2) is 77.8 Å². The highest BCUT2D eigenvalue weighted by molar-refractivity contribution is 5.95. The first kappa shape index (κ1) is 65.3. The Morgan fingerprint density at radius 3 is 0.792 bits per heavy atom. The molecule has 8 nitrogen and oxygen atoms in total. The Morgan fingerprint density at radius 1 is 0.333 bits per heavy atom. The van der Waals surface area contributed by atoms with Gasteiger partial charge in [-0.05, 0) is 73.9 Å². The van der Waals surface area contributed by atoms with E-state index in [9.17, 15) is 9.59 Å². The Hall–Kier alpha value is -2.78. The average Bonchev–Trinajstić information content (AvgIpc) is 3.39. The van der Waals surface area contributed by atoms with Crippen LogP contribution in [0.3, 0.4) is 0 Å². The standard InChI is InChI=1S/C64H112N2O6/c1-5-9-13-17-21-25-29-33-47-69-53-59(54-70-48-34-30-26-22-18-14-10-6-2)51-57-37-41-61(42-38-57)63(67)65-45-46-66-64(68)62-43-39-58(40-44-62)52-60(55-71-49-35-31-27-23-19-15-11-7-3)56-72-50-36-32-28-24-20-16-12-8-4/h37-44,59-60H,5-36,45-56H2,1-4H3,(H,65,67)(H,66,68). The van der Waals surface area contributed by atoms with Crippen molar-refractivity contribution in [3.05, 3.63) is 70.8 Å². The van der Waals surface area contributed by atoms with Gasteiger partial charge >= 0.3 is 0 Å². The average molecular weight is 1010 g/mol. The second-order valence-corrected chi connectivity index (χ2v) is 21.2. The predicted molar refractivity (Wildman–Crippen MR) is 306 cm³/mol. The molecule has 0 fully saturated rings. The molecule has 0 heterocycles. The van der Waals surface area contributed by atoms with E-state index in [0.717, 1.165) is 65.0 Å². The van der Waals surface area contributed by atoms with Crippen LogP contribution in [0.2, 0.25) is 0 Å². The summed E-state index contributed by atoms with van der Waals surface area (Å²) in [7, 11) is 0. The van der Waals surface area contributed by atoms with Crippen molar-refractivity contribution >= 4 is 11.8 Å². The SMILES string of the molecule is CCCCCCCCCCOCC(COCCCCCCCCCC)Cc1ccc(C(=O)NCCNC(=O)c2ccc(CC(COCCCCCCCCCC)COCCCCCCCCCC)cc2)cc1. The van der Waals surface area contributed by atoms with Crippen LogP contribution in [0.5, 0.6) is 0 Å². The molecule has 2 amide bonds. The van der Waals surface area contributed by atoms with E-state index < -0.39 is 0 Å². The number of ether oxygens (including phenoxy) is 4. The van der Waals surface area contributed by atoms with Crippen molar-refractivity contribution in [2.45, 2.75) is 246 Å². The molecule has 2 aromatic carbocycles. The highest BCUT2D eigenvalue weighted by Gasteiger charge is 2.15. The van der Waals surface area contributed by atoms with Gasteiger partial charge in [-0.3, -0.25) is 9.59 Å². The fraction of sp³-hybridized carbons (Fsp3) is 0.781. The summed E-state index contributed by atoms with van der Waals surface area (Å²) in [6, 6.07) is 15.9. The Morgan fingerprint density at radius 2 is 0.556 bits per heavy atom. The Labute approximate surface area is 443 Å². The number of nitrogens with one attached hydrogen (secondary N) is 2. The minimum absolute atomic E-state index is 0.141. The Balaban J connectivity index is 1.78. The molecule has 2 N–H and O–H groups in total. The van der Waals surface area contributed by atoms with Gasteiger partial charge in [0.2, 0.25) is 0 Å². The quantitative estimate of drug-likeness (QED) is 0.0641. The molecule has 0 aliphatic heterocycles. The molecule has 0 aliphatic carbocycles. The molecule has 0 spiro atoms. The van der Waals surface area contributed by atoms with Crippen molar-refractivity contribution in [1.82, 2.24) is 10.6 Å². The fourth-order valence-electron chi connectivity index (χ4n) is 9.49. The van der Waals surface area contributed by atoms with E-state index in [1.54, 1.807) is 0 Å². The predicted octanol–water partition coefficient (Wildman–Crippen LogP) is 16.8. The van der Waals surface area contributed by atoms with Crippen LogP contribution in [0, 0.1) is 11.8 Å². The molecular formula is C64H112N2O6. The molecule has 8 heteroatoms. The van der Waals surface area contributed by atoms with Gasteiger partial charge in [0, 0.05) is 62.5 Å². The lowest BCUT2D eigenvalue weighted by Crippen LogP contribution is -2.34. The zero-order valence-corrected chi connectivity index (χ0v) is 47.3. The van der Waals surface area contributed by atoms with Gasteiger partial charge in [0.25, 0.3) is 11.8 Å². The minimum atomic E-state index is -0.141. The summed E-state index contributed by atoms with van der Waals surface area (Å²) in [5, 5.41) is 5.96. The van der Waals surface area contributed by atoms with Crippen molar-refractivity contribution in [2.75, 3.05) is 65.9 Å². The number of rotatable bonds is 53. The molecule has 0 bridgehead atoms. The summed E-state index contributed by atoms with van der Waals surface area (Å²) < 4.78 is 24.9. The molecule has 0 aromatic heterocycles. The third-order valence-electron chi connectivity index (χ3n) is 14.2. The lowest BCUT2D eigenvalue weighted by atomic mass is 9.99. The molecule has 0 radical (unpaired) electrons. The van der Waals surface area contributed by atoms with Crippen LogP contribution < -0.4 is 10.6 Å².